The van der Waals surface area contributed by atoms with Gasteiger partial charge in [-0.25, -0.2) is 5.43 Å². The summed E-state index contributed by atoms with van der Waals surface area (Å²) in [5.74, 6) is 0.0474. The van der Waals surface area contributed by atoms with Crippen molar-refractivity contribution < 1.29 is 14.0 Å². The average molecular weight is 361 g/mol. The van der Waals surface area contributed by atoms with Gasteiger partial charge in [-0.15, -0.1) is 0 Å². The minimum absolute atomic E-state index is 0.191. The number of amides is 2. The summed E-state index contributed by atoms with van der Waals surface area (Å²) in [6, 6.07) is 17.5. The van der Waals surface area contributed by atoms with E-state index < -0.39 is 0 Å². The highest BCUT2D eigenvalue weighted by Crippen LogP contribution is 2.13. The maximum atomic E-state index is 12.3. The fourth-order valence-electron chi connectivity index (χ4n) is 2.47. The fourth-order valence-corrected chi connectivity index (χ4v) is 2.47. The van der Waals surface area contributed by atoms with Gasteiger partial charge in [-0.3, -0.25) is 9.59 Å². The summed E-state index contributed by atoms with van der Waals surface area (Å²) in [5.41, 5.74) is 5.60. The van der Waals surface area contributed by atoms with Crippen molar-refractivity contribution in [1.82, 2.24) is 5.43 Å². The highest BCUT2D eigenvalue weighted by atomic mass is 16.3. The predicted molar refractivity (Wildman–Crippen MR) is 104 cm³/mol. The van der Waals surface area contributed by atoms with Gasteiger partial charge in [-0.1, -0.05) is 18.2 Å². The molecule has 2 N–H and O–H groups in total. The molecule has 0 unspecified atom stereocenters. The quantitative estimate of drug-likeness (QED) is 0.532. The highest BCUT2D eigenvalue weighted by Gasteiger charge is 2.10. The first-order valence-electron chi connectivity index (χ1n) is 8.40. The van der Waals surface area contributed by atoms with Crippen molar-refractivity contribution in [2.24, 2.45) is 5.10 Å². The molecule has 0 radical (unpaired) electrons. The molecule has 0 saturated heterocycles. The number of carbonyl (C=O) groups is 2. The summed E-state index contributed by atoms with van der Waals surface area (Å²) in [6.07, 6.45) is 1.54. The van der Waals surface area contributed by atoms with Crippen LogP contribution in [-0.2, 0) is 0 Å². The molecule has 0 spiro atoms. The highest BCUT2D eigenvalue weighted by molar-refractivity contribution is 6.05. The minimum atomic E-state index is -0.349. The van der Waals surface area contributed by atoms with Crippen molar-refractivity contribution >= 4 is 23.2 Å². The largest absolute Gasteiger partial charge is 0.463 e. The molecular weight excluding hydrogens is 342 g/mol. The monoisotopic (exact) mass is 361 g/mol. The van der Waals surface area contributed by atoms with E-state index in [9.17, 15) is 9.59 Å². The van der Waals surface area contributed by atoms with E-state index in [1.807, 2.05) is 25.1 Å². The molecule has 0 atom stereocenters. The molecule has 2 amide bonds. The van der Waals surface area contributed by atoms with Crippen LogP contribution in [0.3, 0.4) is 0 Å². The summed E-state index contributed by atoms with van der Waals surface area (Å²) in [5, 5.41) is 6.84. The Hall–Kier alpha value is -3.67. The molecule has 3 rings (SSSR count). The van der Waals surface area contributed by atoms with E-state index >= 15 is 0 Å². The number of benzene rings is 2. The number of rotatable bonds is 5. The van der Waals surface area contributed by atoms with Crippen LogP contribution in [0.1, 0.15) is 39.0 Å². The number of carbonyl (C=O) groups excluding carboxylic acids is 2. The lowest BCUT2D eigenvalue weighted by Gasteiger charge is -2.08. The van der Waals surface area contributed by atoms with Crippen molar-refractivity contribution in [1.29, 1.82) is 0 Å². The van der Waals surface area contributed by atoms with Crippen molar-refractivity contribution in [3.05, 3.63) is 89.4 Å². The molecule has 1 aromatic heterocycles. The third kappa shape index (κ3) is 4.49. The summed E-state index contributed by atoms with van der Waals surface area (Å²) >= 11 is 0. The molecular formula is C21H19N3O3. The lowest BCUT2D eigenvalue weighted by Crippen LogP contribution is -2.19. The standard InChI is InChI=1S/C21H19N3O3/c1-14-6-3-4-7-18(14)21(26)22-17-11-9-16(10-12-17)20(25)24-23-15(2)19-8-5-13-27-19/h3-13H,1-2H3,(H,22,26)(H,24,25). The summed E-state index contributed by atoms with van der Waals surface area (Å²) in [6.45, 7) is 3.62. The van der Waals surface area contributed by atoms with E-state index in [1.54, 1.807) is 55.7 Å². The molecule has 0 fully saturated rings. The van der Waals surface area contributed by atoms with Gasteiger partial charge in [-0.05, 0) is 61.9 Å². The zero-order chi connectivity index (χ0) is 19.2. The number of furan rings is 1. The summed E-state index contributed by atoms with van der Waals surface area (Å²) < 4.78 is 5.21. The maximum absolute atomic E-state index is 12.3. The lowest BCUT2D eigenvalue weighted by atomic mass is 10.1. The van der Waals surface area contributed by atoms with Crippen molar-refractivity contribution in [3.63, 3.8) is 0 Å². The average Bonchev–Trinajstić information content (AvgIpc) is 3.21. The molecule has 0 bridgehead atoms. The molecule has 2 aromatic carbocycles. The SMILES string of the molecule is CC(=NNC(=O)c1ccc(NC(=O)c2ccccc2C)cc1)c1ccco1. The van der Waals surface area contributed by atoms with Crippen molar-refractivity contribution in [3.8, 4) is 0 Å². The van der Waals surface area contributed by atoms with Crippen molar-refractivity contribution in [2.75, 3.05) is 5.32 Å². The Morgan fingerprint density at radius 2 is 1.67 bits per heavy atom. The van der Waals surface area contributed by atoms with Gasteiger partial charge in [0.25, 0.3) is 11.8 Å². The molecule has 6 nitrogen and oxygen atoms in total. The Bertz CT molecular complexity index is 974. The van der Waals surface area contributed by atoms with Crippen LogP contribution in [0.15, 0.2) is 76.4 Å². The van der Waals surface area contributed by atoms with Crippen molar-refractivity contribution in [2.45, 2.75) is 13.8 Å². The Balaban J connectivity index is 1.63. The first-order valence-corrected chi connectivity index (χ1v) is 8.40. The second-order valence-corrected chi connectivity index (χ2v) is 5.96. The number of hydrogen-bond acceptors (Lipinski definition) is 4. The first-order chi connectivity index (χ1) is 13.0. The Kier molecular flexibility index (Phi) is 5.47. The molecule has 0 aliphatic carbocycles. The first kappa shape index (κ1) is 18.1. The Morgan fingerprint density at radius 3 is 2.33 bits per heavy atom. The van der Waals surface area contributed by atoms with Crippen LogP contribution in [0.25, 0.3) is 0 Å². The van der Waals surface area contributed by atoms with E-state index in [1.165, 1.54) is 0 Å². The van der Waals surface area contributed by atoms with Gasteiger partial charge in [0.15, 0.2) is 0 Å². The summed E-state index contributed by atoms with van der Waals surface area (Å²) in [7, 11) is 0. The fraction of sp³-hybridized carbons (Fsp3) is 0.0952. The van der Waals surface area contributed by atoms with E-state index in [2.05, 4.69) is 15.8 Å². The van der Waals surface area contributed by atoms with Crippen LogP contribution < -0.4 is 10.7 Å². The normalized spacial score (nSPS) is 11.1. The zero-order valence-electron chi connectivity index (χ0n) is 15.0. The lowest BCUT2D eigenvalue weighted by molar-refractivity contribution is 0.0954. The second-order valence-electron chi connectivity index (χ2n) is 5.96. The van der Waals surface area contributed by atoms with Gasteiger partial charge in [0.1, 0.15) is 11.5 Å². The van der Waals surface area contributed by atoms with Crippen LogP contribution in [-0.4, -0.2) is 17.5 Å². The zero-order valence-corrected chi connectivity index (χ0v) is 15.0. The van der Waals surface area contributed by atoms with Gasteiger partial charge in [0.05, 0.1) is 6.26 Å². The topological polar surface area (TPSA) is 83.7 Å². The van der Waals surface area contributed by atoms with Crippen LogP contribution in [0.2, 0.25) is 0 Å². The molecule has 6 heteroatoms. The predicted octanol–water partition coefficient (Wildman–Crippen LogP) is 3.99. The molecule has 136 valence electrons. The molecule has 0 saturated carbocycles. The second kappa shape index (κ2) is 8.14. The number of hydrogen-bond donors (Lipinski definition) is 2. The molecule has 0 aliphatic heterocycles. The minimum Gasteiger partial charge on any atom is -0.463 e. The van der Waals surface area contributed by atoms with E-state index in [-0.39, 0.29) is 11.8 Å². The van der Waals surface area contributed by atoms with Gasteiger partial charge in [-0.2, -0.15) is 5.10 Å². The number of hydrazone groups is 1. The number of aryl methyl sites for hydroxylation is 1. The van der Waals surface area contributed by atoms with E-state index in [0.717, 1.165) is 5.56 Å². The van der Waals surface area contributed by atoms with Gasteiger partial charge in [0, 0.05) is 16.8 Å². The molecule has 3 aromatic rings. The molecule has 0 aliphatic rings. The van der Waals surface area contributed by atoms with E-state index in [4.69, 9.17) is 4.42 Å². The van der Waals surface area contributed by atoms with Crippen LogP contribution in [0.4, 0.5) is 5.69 Å². The Morgan fingerprint density at radius 1 is 0.926 bits per heavy atom. The molecule has 1 heterocycles. The van der Waals surface area contributed by atoms with E-state index in [0.29, 0.717) is 28.3 Å². The third-order valence-corrected chi connectivity index (χ3v) is 4.00. The van der Waals surface area contributed by atoms with Gasteiger partial charge >= 0.3 is 0 Å². The third-order valence-electron chi connectivity index (χ3n) is 4.00. The number of nitrogens with zero attached hydrogens (tertiary/aromatic N) is 1. The smallest absolute Gasteiger partial charge is 0.271 e. The van der Waals surface area contributed by atoms with Crippen LogP contribution in [0.5, 0.6) is 0 Å². The summed E-state index contributed by atoms with van der Waals surface area (Å²) in [4.78, 5) is 24.5. The van der Waals surface area contributed by atoms with Crippen LogP contribution >= 0.6 is 0 Å². The maximum Gasteiger partial charge on any atom is 0.271 e. The Labute approximate surface area is 156 Å². The van der Waals surface area contributed by atoms with Gasteiger partial charge in [0.2, 0.25) is 0 Å². The molecule has 27 heavy (non-hydrogen) atoms. The van der Waals surface area contributed by atoms with Gasteiger partial charge < -0.3 is 9.73 Å². The van der Waals surface area contributed by atoms with Crippen LogP contribution in [0, 0.1) is 6.92 Å². The number of nitrogens with one attached hydrogen (secondary N) is 2. The number of anilines is 1.